The van der Waals surface area contributed by atoms with Gasteiger partial charge < -0.3 is 13.7 Å². The molecule has 0 fully saturated rings. The third-order valence-electron chi connectivity index (χ3n) is 10.7. The maximum atomic E-state index is 6.58. The molecule has 0 saturated heterocycles. The molecule has 0 saturated carbocycles. The van der Waals surface area contributed by atoms with E-state index in [1.807, 2.05) is 42.5 Å². The van der Waals surface area contributed by atoms with Crippen LogP contribution in [0.5, 0.6) is 0 Å². The first-order valence-electron chi connectivity index (χ1n) is 18.5. The van der Waals surface area contributed by atoms with Gasteiger partial charge in [-0.1, -0.05) is 121 Å². The molecule has 4 heteroatoms. The Morgan fingerprint density at radius 1 is 0.364 bits per heavy atom. The highest BCUT2D eigenvalue weighted by atomic mass is 16.3. The van der Waals surface area contributed by atoms with Gasteiger partial charge in [-0.15, -0.1) is 0 Å². The third-order valence-corrected chi connectivity index (χ3v) is 10.7. The number of para-hydroxylation sites is 1. The van der Waals surface area contributed by atoms with Crippen LogP contribution in [0.1, 0.15) is 0 Å². The lowest BCUT2D eigenvalue weighted by atomic mass is 9.99. The van der Waals surface area contributed by atoms with Crippen molar-refractivity contribution in [3.63, 3.8) is 0 Å². The summed E-state index contributed by atoms with van der Waals surface area (Å²) in [7, 11) is 0. The SMILES string of the molecule is c1ccc(-c2cccc(N(c3ccc(-c4ccc5oc6ccccc6c5c4)cc3)c3ccc4ccc5ccc6nc(-c7ccccc7)oc6c5c4c3)c2)cc1. The topological polar surface area (TPSA) is 42.4 Å². The van der Waals surface area contributed by atoms with Crippen LogP contribution in [-0.4, -0.2) is 4.98 Å². The number of rotatable bonds is 6. The van der Waals surface area contributed by atoms with E-state index in [1.54, 1.807) is 0 Å². The highest BCUT2D eigenvalue weighted by Gasteiger charge is 2.18. The molecule has 0 aliphatic carbocycles. The van der Waals surface area contributed by atoms with Gasteiger partial charge in [-0.05, 0) is 111 Å². The van der Waals surface area contributed by atoms with Crippen LogP contribution in [0, 0.1) is 0 Å². The highest BCUT2D eigenvalue weighted by molar-refractivity contribution is 6.18. The fourth-order valence-electron chi connectivity index (χ4n) is 7.96. The van der Waals surface area contributed by atoms with E-state index in [0.717, 1.165) is 93.9 Å². The summed E-state index contributed by atoms with van der Waals surface area (Å²) < 4.78 is 12.7. The number of hydrogen-bond acceptors (Lipinski definition) is 4. The van der Waals surface area contributed by atoms with Crippen molar-refractivity contribution in [3.05, 3.63) is 194 Å². The van der Waals surface area contributed by atoms with Gasteiger partial charge in [0.2, 0.25) is 5.89 Å². The molecule has 0 atom stereocenters. The number of furan rings is 1. The van der Waals surface area contributed by atoms with Crippen LogP contribution in [0.15, 0.2) is 203 Å². The molecule has 0 aliphatic rings. The van der Waals surface area contributed by atoms with Crippen LogP contribution >= 0.6 is 0 Å². The number of hydrogen-bond donors (Lipinski definition) is 0. The van der Waals surface area contributed by atoms with Crippen molar-refractivity contribution in [2.24, 2.45) is 0 Å². The van der Waals surface area contributed by atoms with Crippen molar-refractivity contribution in [3.8, 4) is 33.7 Å². The van der Waals surface area contributed by atoms with Gasteiger partial charge in [0.15, 0.2) is 5.58 Å². The van der Waals surface area contributed by atoms with E-state index in [4.69, 9.17) is 13.8 Å². The second-order valence-corrected chi connectivity index (χ2v) is 14.0. The van der Waals surface area contributed by atoms with E-state index in [0.29, 0.717) is 5.89 Å². The Labute approximate surface area is 317 Å². The standard InChI is InChI=1S/C51H32N2O2/c1-3-10-33(11-4-1)38-14-9-15-41(30-38)53(40-25-20-34(21-26-40)39-24-29-48-45(31-39)43-16-7-8-17-47(43)54-48)42-27-22-35-18-19-36-23-28-46-50(49(36)44(35)32-42)55-51(52-46)37-12-5-2-6-13-37/h1-32H. The smallest absolute Gasteiger partial charge is 0.227 e. The number of oxazole rings is 1. The largest absolute Gasteiger partial charge is 0.456 e. The van der Waals surface area contributed by atoms with Gasteiger partial charge in [0, 0.05) is 38.8 Å². The minimum absolute atomic E-state index is 0.621. The molecule has 0 amide bonds. The molecule has 11 rings (SSSR count). The summed E-state index contributed by atoms with van der Waals surface area (Å²) in [6.07, 6.45) is 0. The van der Waals surface area contributed by atoms with Crippen molar-refractivity contribution in [2.45, 2.75) is 0 Å². The molecule has 9 aromatic carbocycles. The molecule has 0 aliphatic heterocycles. The van der Waals surface area contributed by atoms with Gasteiger partial charge in [-0.3, -0.25) is 0 Å². The maximum Gasteiger partial charge on any atom is 0.227 e. The lowest BCUT2D eigenvalue weighted by Gasteiger charge is -2.27. The van der Waals surface area contributed by atoms with Gasteiger partial charge in [0.25, 0.3) is 0 Å². The minimum Gasteiger partial charge on any atom is -0.456 e. The second kappa shape index (κ2) is 12.6. The molecule has 11 aromatic rings. The summed E-state index contributed by atoms with van der Waals surface area (Å²) in [4.78, 5) is 7.25. The molecule has 0 N–H and O–H groups in total. The Bertz CT molecular complexity index is 3200. The molecule has 0 bridgehead atoms. The highest BCUT2D eigenvalue weighted by Crippen LogP contribution is 2.42. The van der Waals surface area contributed by atoms with Crippen LogP contribution in [0.3, 0.4) is 0 Å². The summed E-state index contributed by atoms with van der Waals surface area (Å²) in [6.45, 7) is 0. The zero-order valence-corrected chi connectivity index (χ0v) is 29.7. The molecule has 258 valence electrons. The first-order chi connectivity index (χ1) is 27.2. The number of aromatic nitrogens is 1. The summed E-state index contributed by atoms with van der Waals surface area (Å²) in [6, 6.07) is 68.3. The second-order valence-electron chi connectivity index (χ2n) is 14.0. The van der Waals surface area contributed by atoms with E-state index in [2.05, 4.69) is 157 Å². The van der Waals surface area contributed by atoms with E-state index < -0.39 is 0 Å². The fraction of sp³-hybridized carbons (Fsp3) is 0. The normalized spacial score (nSPS) is 11.6. The van der Waals surface area contributed by atoms with Crippen LogP contribution in [0.2, 0.25) is 0 Å². The fourth-order valence-corrected chi connectivity index (χ4v) is 7.96. The first kappa shape index (κ1) is 31.1. The van der Waals surface area contributed by atoms with Gasteiger partial charge >= 0.3 is 0 Å². The predicted molar refractivity (Wildman–Crippen MR) is 227 cm³/mol. The monoisotopic (exact) mass is 704 g/mol. The Morgan fingerprint density at radius 3 is 1.84 bits per heavy atom. The summed E-state index contributed by atoms with van der Waals surface area (Å²) in [5.74, 6) is 0.621. The van der Waals surface area contributed by atoms with Crippen molar-refractivity contribution >= 4 is 71.6 Å². The van der Waals surface area contributed by atoms with Crippen LogP contribution in [0.25, 0.3) is 88.3 Å². The average molecular weight is 705 g/mol. The molecule has 2 aromatic heterocycles. The lowest BCUT2D eigenvalue weighted by molar-refractivity contribution is 0.623. The summed E-state index contributed by atoms with van der Waals surface area (Å²) in [5, 5.41) is 6.66. The van der Waals surface area contributed by atoms with E-state index in [-0.39, 0.29) is 0 Å². The first-order valence-corrected chi connectivity index (χ1v) is 18.5. The lowest BCUT2D eigenvalue weighted by Crippen LogP contribution is -2.10. The molecule has 0 unspecified atom stereocenters. The van der Waals surface area contributed by atoms with Crippen LogP contribution in [-0.2, 0) is 0 Å². The van der Waals surface area contributed by atoms with Gasteiger partial charge in [-0.25, -0.2) is 4.98 Å². The van der Waals surface area contributed by atoms with Gasteiger partial charge in [0.1, 0.15) is 16.7 Å². The Balaban J connectivity index is 1.07. The van der Waals surface area contributed by atoms with E-state index in [1.165, 1.54) is 5.56 Å². The number of fused-ring (bicyclic) bond motifs is 8. The average Bonchev–Trinajstić information content (AvgIpc) is 3.87. The molecule has 4 nitrogen and oxygen atoms in total. The number of benzene rings is 9. The third kappa shape index (κ3) is 5.34. The molecule has 55 heavy (non-hydrogen) atoms. The van der Waals surface area contributed by atoms with Crippen molar-refractivity contribution in [1.29, 1.82) is 0 Å². The van der Waals surface area contributed by atoms with Crippen LogP contribution in [0.4, 0.5) is 17.1 Å². The predicted octanol–water partition coefficient (Wildman–Crippen LogP) is 14.5. The Hall–Kier alpha value is -7.43. The molecule has 0 spiro atoms. The quantitative estimate of drug-likeness (QED) is 0.162. The van der Waals surface area contributed by atoms with Crippen molar-refractivity contribution in [2.75, 3.05) is 4.90 Å². The van der Waals surface area contributed by atoms with E-state index >= 15 is 0 Å². The minimum atomic E-state index is 0.621. The Morgan fingerprint density at radius 2 is 0.982 bits per heavy atom. The van der Waals surface area contributed by atoms with Crippen molar-refractivity contribution < 1.29 is 8.83 Å². The molecular formula is C51H32N2O2. The van der Waals surface area contributed by atoms with Crippen LogP contribution < -0.4 is 4.90 Å². The summed E-state index contributed by atoms with van der Waals surface area (Å²) >= 11 is 0. The molecule has 0 radical (unpaired) electrons. The zero-order chi connectivity index (χ0) is 36.3. The zero-order valence-electron chi connectivity index (χ0n) is 29.7. The molecule has 2 heterocycles. The number of anilines is 3. The Kier molecular flexibility index (Phi) is 7.14. The van der Waals surface area contributed by atoms with Gasteiger partial charge in [-0.2, -0.15) is 0 Å². The number of nitrogens with zero attached hydrogens (tertiary/aromatic N) is 2. The maximum absolute atomic E-state index is 6.58. The van der Waals surface area contributed by atoms with Crippen molar-refractivity contribution in [1.82, 2.24) is 4.98 Å². The van der Waals surface area contributed by atoms with Gasteiger partial charge in [0.05, 0.1) is 0 Å². The molecular weight excluding hydrogens is 673 g/mol. The van der Waals surface area contributed by atoms with E-state index in [9.17, 15) is 0 Å². The summed E-state index contributed by atoms with van der Waals surface area (Å²) in [5.41, 5.74) is 12.2.